The topological polar surface area (TPSA) is 65.1 Å². The van der Waals surface area contributed by atoms with Gasteiger partial charge in [0.05, 0.1) is 12.0 Å². The molecule has 0 aliphatic heterocycles. The molecule has 3 N–H and O–H groups in total. The molecule has 0 atom stereocenters. The third-order valence-corrected chi connectivity index (χ3v) is 3.44. The van der Waals surface area contributed by atoms with Gasteiger partial charge in [0.25, 0.3) is 0 Å². The van der Waals surface area contributed by atoms with E-state index < -0.39 is 5.41 Å². The van der Waals surface area contributed by atoms with Crippen molar-refractivity contribution >= 4 is 5.91 Å². The lowest BCUT2D eigenvalue weighted by Crippen LogP contribution is -2.48. The second-order valence-corrected chi connectivity index (χ2v) is 4.49. The van der Waals surface area contributed by atoms with Crippen LogP contribution in [0, 0.1) is 5.41 Å². The van der Waals surface area contributed by atoms with E-state index >= 15 is 0 Å². The Morgan fingerprint density at radius 2 is 2.38 bits per heavy atom. The van der Waals surface area contributed by atoms with Crippen molar-refractivity contribution in [2.24, 2.45) is 5.41 Å². The lowest BCUT2D eigenvalue weighted by Gasteiger charge is -2.38. The summed E-state index contributed by atoms with van der Waals surface area (Å²) in [4.78, 5) is 14.9. The first-order valence-corrected chi connectivity index (χ1v) is 5.78. The molecular formula is C12H18N2O2. The van der Waals surface area contributed by atoms with Crippen LogP contribution in [0.15, 0.2) is 18.3 Å². The zero-order valence-electron chi connectivity index (χ0n) is 9.33. The van der Waals surface area contributed by atoms with Gasteiger partial charge in [-0.25, -0.2) is 0 Å². The minimum absolute atomic E-state index is 0.00723. The van der Waals surface area contributed by atoms with Gasteiger partial charge in [-0.2, -0.15) is 0 Å². The van der Waals surface area contributed by atoms with E-state index in [1.165, 1.54) is 0 Å². The zero-order chi connectivity index (χ0) is 11.4. The van der Waals surface area contributed by atoms with E-state index in [1.54, 1.807) is 0 Å². The quantitative estimate of drug-likeness (QED) is 0.691. The normalized spacial score (nSPS) is 17.8. The molecule has 16 heavy (non-hydrogen) atoms. The number of aliphatic hydroxyl groups excluding tert-OH is 1. The fourth-order valence-electron chi connectivity index (χ4n) is 2.08. The Hall–Kier alpha value is -1.29. The Morgan fingerprint density at radius 3 is 2.88 bits per heavy atom. The van der Waals surface area contributed by atoms with E-state index in [0.717, 1.165) is 31.4 Å². The maximum atomic E-state index is 11.8. The predicted octanol–water partition coefficient (Wildman–Crippen LogP) is 0.836. The Kier molecular flexibility index (Phi) is 3.29. The first-order chi connectivity index (χ1) is 7.77. The molecule has 1 aromatic rings. The van der Waals surface area contributed by atoms with Gasteiger partial charge < -0.3 is 15.4 Å². The highest BCUT2D eigenvalue weighted by molar-refractivity contribution is 5.83. The van der Waals surface area contributed by atoms with Crippen LogP contribution in [0.5, 0.6) is 0 Å². The van der Waals surface area contributed by atoms with Crippen LogP contribution in [-0.2, 0) is 11.2 Å². The molecule has 0 radical (unpaired) electrons. The van der Waals surface area contributed by atoms with Gasteiger partial charge in [-0.1, -0.05) is 6.42 Å². The molecule has 1 amide bonds. The number of carbonyl (C=O) groups excluding carboxylic acids is 1. The lowest BCUT2D eigenvalue weighted by molar-refractivity contribution is -0.139. The van der Waals surface area contributed by atoms with Crippen LogP contribution in [0.3, 0.4) is 0 Å². The highest BCUT2D eigenvalue weighted by atomic mass is 16.3. The van der Waals surface area contributed by atoms with Crippen LogP contribution >= 0.6 is 0 Å². The molecule has 0 bridgehead atoms. The van der Waals surface area contributed by atoms with E-state index in [9.17, 15) is 9.90 Å². The minimum Gasteiger partial charge on any atom is -0.395 e. The van der Waals surface area contributed by atoms with Gasteiger partial charge in [-0.15, -0.1) is 0 Å². The van der Waals surface area contributed by atoms with Crippen LogP contribution in [0.25, 0.3) is 0 Å². The van der Waals surface area contributed by atoms with Crippen LogP contribution in [-0.4, -0.2) is 29.1 Å². The predicted molar refractivity (Wildman–Crippen MR) is 60.9 cm³/mol. The summed E-state index contributed by atoms with van der Waals surface area (Å²) in [6, 6.07) is 3.94. The number of hydrogen-bond donors (Lipinski definition) is 3. The van der Waals surface area contributed by atoms with Gasteiger partial charge >= 0.3 is 0 Å². The Balaban J connectivity index is 1.75. The standard InChI is InChI=1S/C12H18N2O2/c15-9-12(5-2-6-12)11(16)14-8-4-10-3-1-7-13-10/h1,3,7,13,15H,2,4-6,8-9H2,(H,14,16). The van der Waals surface area contributed by atoms with E-state index in [2.05, 4.69) is 10.3 Å². The summed E-state index contributed by atoms with van der Waals surface area (Å²) >= 11 is 0. The van der Waals surface area contributed by atoms with Crippen LogP contribution < -0.4 is 5.32 Å². The van der Waals surface area contributed by atoms with Crippen molar-refractivity contribution in [1.82, 2.24) is 10.3 Å². The molecule has 1 fully saturated rings. The van der Waals surface area contributed by atoms with E-state index in [1.807, 2.05) is 18.3 Å². The van der Waals surface area contributed by atoms with Crippen molar-refractivity contribution in [3.8, 4) is 0 Å². The summed E-state index contributed by atoms with van der Waals surface area (Å²) in [5.74, 6) is 0.00723. The monoisotopic (exact) mass is 222 g/mol. The molecule has 4 heteroatoms. The van der Waals surface area contributed by atoms with Gasteiger partial charge in [0, 0.05) is 24.9 Å². The van der Waals surface area contributed by atoms with Crippen LogP contribution in [0.4, 0.5) is 0 Å². The lowest BCUT2D eigenvalue weighted by atomic mass is 9.68. The maximum absolute atomic E-state index is 11.8. The van der Waals surface area contributed by atoms with Crippen molar-refractivity contribution in [1.29, 1.82) is 0 Å². The molecule has 1 aromatic heterocycles. The fraction of sp³-hybridized carbons (Fsp3) is 0.583. The van der Waals surface area contributed by atoms with E-state index in [-0.39, 0.29) is 12.5 Å². The molecule has 0 aromatic carbocycles. The number of aromatic amines is 1. The summed E-state index contributed by atoms with van der Waals surface area (Å²) in [5.41, 5.74) is 0.641. The molecule has 2 rings (SSSR count). The first-order valence-electron chi connectivity index (χ1n) is 5.78. The summed E-state index contributed by atoms with van der Waals surface area (Å²) in [5, 5.41) is 12.1. The molecule has 88 valence electrons. The maximum Gasteiger partial charge on any atom is 0.228 e. The van der Waals surface area contributed by atoms with Gasteiger partial charge in [0.1, 0.15) is 0 Å². The smallest absolute Gasteiger partial charge is 0.228 e. The molecular weight excluding hydrogens is 204 g/mol. The molecule has 1 aliphatic rings. The largest absolute Gasteiger partial charge is 0.395 e. The van der Waals surface area contributed by atoms with E-state index in [4.69, 9.17) is 0 Å². The van der Waals surface area contributed by atoms with Crippen LogP contribution in [0.2, 0.25) is 0 Å². The fourth-order valence-corrected chi connectivity index (χ4v) is 2.08. The molecule has 1 saturated carbocycles. The van der Waals surface area contributed by atoms with Crippen molar-refractivity contribution in [3.05, 3.63) is 24.0 Å². The third kappa shape index (κ3) is 2.11. The van der Waals surface area contributed by atoms with Crippen molar-refractivity contribution in [2.75, 3.05) is 13.2 Å². The molecule has 0 spiro atoms. The molecule has 1 aliphatic carbocycles. The van der Waals surface area contributed by atoms with Gasteiger partial charge in [0.15, 0.2) is 0 Å². The Labute approximate surface area is 95.1 Å². The SMILES string of the molecule is O=C(NCCc1ccc[nH]1)C1(CO)CCC1. The average Bonchev–Trinajstić information content (AvgIpc) is 2.70. The van der Waals surface area contributed by atoms with Crippen molar-refractivity contribution in [2.45, 2.75) is 25.7 Å². The number of amides is 1. The Bertz CT molecular complexity index is 336. The summed E-state index contributed by atoms with van der Waals surface area (Å²) in [6.07, 6.45) is 5.36. The third-order valence-electron chi connectivity index (χ3n) is 3.44. The van der Waals surface area contributed by atoms with Gasteiger partial charge in [-0.05, 0) is 25.0 Å². The summed E-state index contributed by atoms with van der Waals surface area (Å²) in [7, 11) is 0. The molecule has 0 unspecified atom stereocenters. The number of nitrogens with one attached hydrogen (secondary N) is 2. The van der Waals surface area contributed by atoms with Gasteiger partial charge in [0.2, 0.25) is 5.91 Å². The second-order valence-electron chi connectivity index (χ2n) is 4.49. The number of hydrogen-bond acceptors (Lipinski definition) is 2. The minimum atomic E-state index is -0.476. The molecule has 4 nitrogen and oxygen atoms in total. The number of rotatable bonds is 5. The highest BCUT2D eigenvalue weighted by Crippen LogP contribution is 2.40. The van der Waals surface area contributed by atoms with Crippen LogP contribution in [0.1, 0.15) is 25.0 Å². The van der Waals surface area contributed by atoms with Gasteiger partial charge in [-0.3, -0.25) is 4.79 Å². The summed E-state index contributed by atoms with van der Waals surface area (Å²) in [6.45, 7) is 0.600. The van der Waals surface area contributed by atoms with Crippen molar-refractivity contribution in [3.63, 3.8) is 0 Å². The average molecular weight is 222 g/mol. The Morgan fingerprint density at radius 1 is 1.56 bits per heavy atom. The van der Waals surface area contributed by atoms with E-state index in [0.29, 0.717) is 6.54 Å². The second kappa shape index (κ2) is 4.70. The molecule has 0 saturated heterocycles. The zero-order valence-corrected chi connectivity index (χ0v) is 9.33. The summed E-state index contributed by atoms with van der Waals surface area (Å²) < 4.78 is 0. The number of carbonyl (C=O) groups is 1. The van der Waals surface area contributed by atoms with Crippen molar-refractivity contribution < 1.29 is 9.90 Å². The molecule has 1 heterocycles. The first kappa shape index (κ1) is 11.2. The number of H-pyrrole nitrogens is 1. The number of aromatic nitrogens is 1. The number of aliphatic hydroxyl groups is 1. The highest BCUT2D eigenvalue weighted by Gasteiger charge is 2.43.